The minimum absolute atomic E-state index is 0.00375. The number of aromatic nitrogens is 2. The zero-order valence-corrected chi connectivity index (χ0v) is 11.0. The fourth-order valence-corrected chi connectivity index (χ4v) is 1.56. The number of nitrogens with zero attached hydrogens (tertiary/aromatic N) is 3. The monoisotopic (exact) mass is 293 g/mol. The summed E-state index contributed by atoms with van der Waals surface area (Å²) in [5.74, 6) is -0.621. The number of carbonyl (C=O) groups is 1. The van der Waals surface area contributed by atoms with Crippen LogP contribution in [0.15, 0.2) is 22.7 Å². The molecule has 0 bridgehead atoms. The molecule has 0 saturated carbocycles. The minimum atomic E-state index is -1.32. The number of nitro benzene ring substituents is 1. The van der Waals surface area contributed by atoms with Crippen LogP contribution in [0.25, 0.3) is 0 Å². The number of aryl methyl sites for hydroxylation is 1. The molecular weight excluding hydrogens is 282 g/mol. The zero-order chi connectivity index (χ0) is 15.4. The summed E-state index contributed by atoms with van der Waals surface area (Å²) in [6, 6.07) is 3.32. The normalized spacial score (nSPS) is 10.3. The van der Waals surface area contributed by atoms with Gasteiger partial charge in [0.25, 0.3) is 5.69 Å². The Hall–Kier alpha value is -2.97. The van der Waals surface area contributed by atoms with Gasteiger partial charge in [-0.2, -0.15) is 4.98 Å². The van der Waals surface area contributed by atoms with Crippen molar-refractivity contribution in [2.45, 2.75) is 20.0 Å². The van der Waals surface area contributed by atoms with E-state index in [-0.39, 0.29) is 29.4 Å². The Morgan fingerprint density at radius 3 is 2.86 bits per heavy atom. The van der Waals surface area contributed by atoms with Crippen molar-refractivity contribution in [1.29, 1.82) is 0 Å². The summed E-state index contributed by atoms with van der Waals surface area (Å²) in [6.45, 7) is 1.75. The third-order valence-electron chi connectivity index (χ3n) is 2.57. The first-order valence-corrected chi connectivity index (χ1v) is 5.97. The lowest BCUT2D eigenvalue weighted by Crippen LogP contribution is -2.05. The molecule has 0 fully saturated rings. The maximum Gasteiger partial charge on any atom is 0.339 e. The topological polar surface area (TPSA) is 129 Å². The van der Waals surface area contributed by atoms with Crippen molar-refractivity contribution in [3.63, 3.8) is 0 Å². The third-order valence-corrected chi connectivity index (χ3v) is 2.57. The van der Waals surface area contributed by atoms with Crippen molar-refractivity contribution in [3.05, 3.63) is 45.6 Å². The molecule has 0 aliphatic rings. The van der Waals surface area contributed by atoms with Crippen molar-refractivity contribution in [2.24, 2.45) is 0 Å². The fraction of sp³-hybridized carbons (Fsp3) is 0.250. The van der Waals surface area contributed by atoms with Gasteiger partial charge in [0.05, 0.1) is 4.92 Å². The van der Waals surface area contributed by atoms with E-state index in [9.17, 15) is 14.9 Å². The van der Waals surface area contributed by atoms with Gasteiger partial charge in [-0.3, -0.25) is 10.1 Å². The van der Waals surface area contributed by atoms with Gasteiger partial charge >= 0.3 is 5.97 Å². The Kier molecular flexibility index (Phi) is 4.12. The van der Waals surface area contributed by atoms with Gasteiger partial charge in [-0.1, -0.05) is 12.1 Å². The highest BCUT2D eigenvalue weighted by Gasteiger charge is 2.17. The van der Waals surface area contributed by atoms with Crippen LogP contribution >= 0.6 is 0 Å². The summed E-state index contributed by atoms with van der Waals surface area (Å²) in [7, 11) is 0. The SMILES string of the molecule is CCc1nc(COc2ccc([N+](=O)[O-])cc2C(=O)O)no1. The van der Waals surface area contributed by atoms with E-state index in [1.807, 2.05) is 6.92 Å². The molecule has 0 atom stereocenters. The Balaban J connectivity index is 2.19. The standard InChI is InChI=1S/C12H11N3O6/c1-2-11-13-10(14-21-11)6-20-9-4-3-7(15(18)19)5-8(9)12(16)17/h3-5H,2,6H2,1H3,(H,16,17). The van der Waals surface area contributed by atoms with Crippen molar-refractivity contribution in [3.8, 4) is 5.75 Å². The minimum Gasteiger partial charge on any atom is -0.485 e. The number of carboxylic acids is 1. The smallest absolute Gasteiger partial charge is 0.339 e. The highest BCUT2D eigenvalue weighted by Crippen LogP contribution is 2.24. The van der Waals surface area contributed by atoms with Crippen molar-refractivity contribution in [2.75, 3.05) is 0 Å². The van der Waals surface area contributed by atoms with Crippen LogP contribution in [-0.2, 0) is 13.0 Å². The molecule has 2 rings (SSSR count). The first kappa shape index (κ1) is 14.4. The molecular formula is C12H11N3O6. The summed E-state index contributed by atoms with van der Waals surface area (Å²) in [6.07, 6.45) is 0.574. The molecule has 0 amide bonds. The lowest BCUT2D eigenvalue weighted by Gasteiger charge is -2.06. The van der Waals surface area contributed by atoms with E-state index in [0.29, 0.717) is 12.3 Å². The first-order valence-electron chi connectivity index (χ1n) is 5.97. The molecule has 1 aromatic heterocycles. The predicted molar refractivity (Wildman–Crippen MR) is 68.1 cm³/mol. The van der Waals surface area contributed by atoms with E-state index >= 15 is 0 Å². The number of hydrogen-bond acceptors (Lipinski definition) is 7. The van der Waals surface area contributed by atoms with Crippen LogP contribution < -0.4 is 4.74 Å². The van der Waals surface area contributed by atoms with Crippen molar-refractivity contribution in [1.82, 2.24) is 10.1 Å². The molecule has 9 heteroatoms. The molecule has 0 aliphatic carbocycles. The molecule has 0 spiro atoms. The van der Waals surface area contributed by atoms with Gasteiger partial charge in [0.2, 0.25) is 11.7 Å². The van der Waals surface area contributed by atoms with E-state index < -0.39 is 10.9 Å². The Labute approximate surface area is 118 Å². The molecule has 9 nitrogen and oxygen atoms in total. The van der Waals surface area contributed by atoms with E-state index in [1.54, 1.807) is 0 Å². The van der Waals surface area contributed by atoms with Gasteiger partial charge in [0.15, 0.2) is 6.61 Å². The second-order valence-electron chi connectivity index (χ2n) is 3.99. The molecule has 2 aromatic rings. The quantitative estimate of drug-likeness (QED) is 0.630. The molecule has 0 aliphatic heterocycles. The van der Waals surface area contributed by atoms with E-state index in [2.05, 4.69) is 10.1 Å². The fourth-order valence-electron chi connectivity index (χ4n) is 1.56. The van der Waals surface area contributed by atoms with Crippen LogP contribution in [0.1, 0.15) is 29.0 Å². The number of carboxylic acid groups (broad SMARTS) is 1. The van der Waals surface area contributed by atoms with E-state index in [1.165, 1.54) is 6.07 Å². The van der Waals surface area contributed by atoms with Crippen LogP contribution in [-0.4, -0.2) is 26.1 Å². The third kappa shape index (κ3) is 3.32. The highest BCUT2D eigenvalue weighted by atomic mass is 16.6. The lowest BCUT2D eigenvalue weighted by molar-refractivity contribution is -0.384. The number of nitro groups is 1. The Morgan fingerprint density at radius 2 is 2.29 bits per heavy atom. The molecule has 21 heavy (non-hydrogen) atoms. The average molecular weight is 293 g/mol. The summed E-state index contributed by atoms with van der Waals surface area (Å²) in [5.41, 5.74) is -0.629. The van der Waals surface area contributed by atoms with Crippen LogP contribution in [0, 0.1) is 10.1 Å². The molecule has 110 valence electrons. The number of ether oxygens (including phenoxy) is 1. The second-order valence-corrected chi connectivity index (χ2v) is 3.99. The van der Waals surface area contributed by atoms with Gasteiger partial charge in [-0.25, -0.2) is 4.79 Å². The maximum atomic E-state index is 11.1. The van der Waals surface area contributed by atoms with Gasteiger partial charge in [-0.15, -0.1) is 0 Å². The Bertz CT molecular complexity index is 681. The summed E-state index contributed by atoms with van der Waals surface area (Å²) < 4.78 is 10.2. The number of aromatic carboxylic acids is 1. The van der Waals surface area contributed by atoms with E-state index in [0.717, 1.165) is 12.1 Å². The predicted octanol–water partition coefficient (Wildman–Crippen LogP) is 1.82. The molecule has 1 N–H and O–H groups in total. The van der Waals surface area contributed by atoms with E-state index in [4.69, 9.17) is 14.4 Å². The van der Waals surface area contributed by atoms with Crippen molar-refractivity contribution >= 4 is 11.7 Å². The van der Waals surface area contributed by atoms with Gasteiger partial charge in [-0.05, 0) is 6.07 Å². The maximum absolute atomic E-state index is 11.1. The molecule has 0 radical (unpaired) electrons. The number of rotatable bonds is 6. The Morgan fingerprint density at radius 1 is 1.52 bits per heavy atom. The van der Waals surface area contributed by atoms with Crippen LogP contribution in [0.4, 0.5) is 5.69 Å². The number of non-ortho nitro benzene ring substituents is 1. The highest BCUT2D eigenvalue weighted by molar-refractivity contribution is 5.91. The second kappa shape index (κ2) is 5.99. The lowest BCUT2D eigenvalue weighted by atomic mass is 10.2. The van der Waals surface area contributed by atoms with Crippen LogP contribution in [0.3, 0.4) is 0 Å². The average Bonchev–Trinajstić information content (AvgIpc) is 2.92. The largest absolute Gasteiger partial charge is 0.485 e. The first-order chi connectivity index (χ1) is 10.0. The van der Waals surface area contributed by atoms with Gasteiger partial charge in [0.1, 0.15) is 11.3 Å². The summed E-state index contributed by atoms with van der Waals surface area (Å²) in [4.78, 5) is 25.1. The van der Waals surface area contributed by atoms with Gasteiger partial charge < -0.3 is 14.4 Å². The molecule has 0 unspecified atom stereocenters. The molecule has 0 saturated heterocycles. The summed E-state index contributed by atoms with van der Waals surface area (Å²) in [5, 5.41) is 23.4. The number of benzene rings is 1. The molecule has 1 heterocycles. The van der Waals surface area contributed by atoms with Crippen LogP contribution in [0.5, 0.6) is 5.75 Å². The van der Waals surface area contributed by atoms with Crippen LogP contribution in [0.2, 0.25) is 0 Å². The summed E-state index contributed by atoms with van der Waals surface area (Å²) >= 11 is 0. The number of hydrogen-bond donors (Lipinski definition) is 1. The van der Waals surface area contributed by atoms with Crippen molar-refractivity contribution < 1.29 is 24.1 Å². The molecule has 1 aromatic carbocycles. The van der Waals surface area contributed by atoms with Gasteiger partial charge in [0, 0.05) is 18.6 Å². The zero-order valence-electron chi connectivity index (χ0n) is 11.0.